The number of halogens is 2. The fourth-order valence-corrected chi connectivity index (χ4v) is 4.21. The molecule has 1 fully saturated rings. The number of fused-ring (bicyclic) bond motifs is 1. The van der Waals surface area contributed by atoms with Gasteiger partial charge in [-0.2, -0.15) is 11.8 Å². The third kappa shape index (κ3) is 2.26. The summed E-state index contributed by atoms with van der Waals surface area (Å²) in [5.74, 6) is 0.976. The van der Waals surface area contributed by atoms with E-state index in [1.165, 1.54) is 18.6 Å². The van der Waals surface area contributed by atoms with Gasteiger partial charge in [-0.15, -0.1) is 0 Å². The molecular weight excluding hydrogens is 335 g/mol. The topological polar surface area (TPSA) is 20.7 Å². The molecule has 1 aromatic carbocycles. The summed E-state index contributed by atoms with van der Waals surface area (Å²) in [6.45, 7) is 0.866. The first-order chi connectivity index (χ1) is 8.65. The van der Waals surface area contributed by atoms with Crippen LogP contribution in [0.5, 0.6) is 0 Å². The van der Waals surface area contributed by atoms with Crippen molar-refractivity contribution in [1.29, 1.82) is 0 Å². The van der Waals surface area contributed by atoms with Crippen LogP contribution in [0.15, 0.2) is 16.6 Å². The first-order valence-electron chi connectivity index (χ1n) is 5.84. The molecule has 6 heteroatoms. The molecule has 18 heavy (non-hydrogen) atoms. The van der Waals surface area contributed by atoms with Crippen LogP contribution in [0.1, 0.15) is 12.8 Å². The molecule has 0 radical (unpaired) electrons. The second-order valence-electron chi connectivity index (χ2n) is 4.46. The monoisotopic (exact) mass is 346 g/mol. The zero-order valence-electron chi connectivity index (χ0n) is 9.58. The maximum Gasteiger partial charge on any atom is 0.178 e. The van der Waals surface area contributed by atoms with Crippen LogP contribution < -0.4 is 0 Å². The first kappa shape index (κ1) is 12.7. The minimum absolute atomic E-state index is 0.246. The lowest BCUT2D eigenvalue weighted by molar-refractivity contribution is 0.617. The predicted octanol–water partition coefficient (Wildman–Crippen LogP) is 4.50. The highest BCUT2D eigenvalue weighted by molar-refractivity contribution is 9.10. The summed E-state index contributed by atoms with van der Waals surface area (Å²) in [6.07, 6.45) is 2.49. The highest BCUT2D eigenvalue weighted by atomic mass is 79.9. The third-order valence-electron chi connectivity index (χ3n) is 3.23. The molecule has 1 saturated heterocycles. The number of imidazole rings is 1. The quantitative estimate of drug-likeness (QED) is 0.808. The van der Waals surface area contributed by atoms with E-state index in [-0.39, 0.29) is 5.82 Å². The average Bonchev–Trinajstić information content (AvgIpc) is 2.92. The number of thioether (sulfide) groups is 1. The van der Waals surface area contributed by atoms with Crippen molar-refractivity contribution in [3.05, 3.63) is 27.2 Å². The fraction of sp³-hybridized carbons (Fsp3) is 0.417. The fourth-order valence-electron chi connectivity index (χ4n) is 2.33. The van der Waals surface area contributed by atoms with Gasteiger partial charge >= 0.3 is 0 Å². The van der Waals surface area contributed by atoms with Crippen LogP contribution in [0.25, 0.3) is 11.0 Å². The highest BCUT2D eigenvalue weighted by Crippen LogP contribution is 2.29. The summed E-state index contributed by atoms with van der Waals surface area (Å²) >= 11 is 10.5. The Labute approximate surface area is 122 Å². The lowest BCUT2D eigenvalue weighted by Crippen LogP contribution is -2.09. The van der Waals surface area contributed by atoms with E-state index in [0.717, 1.165) is 17.6 Å². The van der Waals surface area contributed by atoms with E-state index in [1.54, 1.807) is 12.1 Å². The van der Waals surface area contributed by atoms with Gasteiger partial charge in [0.1, 0.15) is 5.82 Å². The summed E-state index contributed by atoms with van der Waals surface area (Å²) in [7, 11) is 0. The molecule has 3 rings (SSSR count). The van der Waals surface area contributed by atoms with Crippen LogP contribution in [0.3, 0.4) is 0 Å². The van der Waals surface area contributed by atoms with E-state index in [2.05, 4.69) is 20.9 Å². The zero-order chi connectivity index (χ0) is 12.7. The van der Waals surface area contributed by atoms with Gasteiger partial charge in [-0.05, 0) is 52.8 Å². The molecule has 0 bridgehead atoms. The van der Waals surface area contributed by atoms with E-state index < -0.39 is 0 Å². The Hall–Kier alpha value is -0.330. The number of nitrogens with one attached hydrogen (secondary N) is 1. The number of rotatable bonds is 2. The predicted molar refractivity (Wildman–Crippen MR) is 80.3 cm³/mol. The number of aromatic amines is 1. The van der Waals surface area contributed by atoms with Gasteiger partial charge in [0.15, 0.2) is 4.77 Å². The first-order valence-corrected chi connectivity index (χ1v) is 8.09. The van der Waals surface area contributed by atoms with Crippen molar-refractivity contribution in [2.24, 2.45) is 0 Å². The Morgan fingerprint density at radius 2 is 2.39 bits per heavy atom. The molecule has 2 nitrogen and oxygen atoms in total. The van der Waals surface area contributed by atoms with Gasteiger partial charge < -0.3 is 9.55 Å². The molecule has 1 aliphatic rings. The molecule has 0 saturated carbocycles. The van der Waals surface area contributed by atoms with Gasteiger partial charge in [-0.25, -0.2) is 4.39 Å². The Bertz CT molecular complexity index is 643. The van der Waals surface area contributed by atoms with Gasteiger partial charge in [0.25, 0.3) is 0 Å². The molecule has 2 aromatic rings. The molecule has 1 aliphatic heterocycles. The van der Waals surface area contributed by atoms with E-state index >= 15 is 0 Å². The van der Waals surface area contributed by atoms with Crippen molar-refractivity contribution in [1.82, 2.24) is 9.55 Å². The van der Waals surface area contributed by atoms with Gasteiger partial charge in [0, 0.05) is 17.9 Å². The smallest absolute Gasteiger partial charge is 0.178 e. The van der Waals surface area contributed by atoms with E-state index in [0.29, 0.717) is 14.5 Å². The summed E-state index contributed by atoms with van der Waals surface area (Å²) in [4.78, 5) is 3.14. The number of hydrogen-bond acceptors (Lipinski definition) is 2. The van der Waals surface area contributed by atoms with Crippen molar-refractivity contribution >= 4 is 50.9 Å². The molecular formula is C12H12BrFN2S2. The van der Waals surface area contributed by atoms with Crippen LogP contribution in [-0.4, -0.2) is 20.6 Å². The van der Waals surface area contributed by atoms with E-state index in [1.807, 2.05) is 16.3 Å². The molecule has 1 aromatic heterocycles. The summed E-state index contributed by atoms with van der Waals surface area (Å²) < 4.78 is 16.8. The second kappa shape index (κ2) is 4.98. The normalized spacial score (nSPS) is 19.8. The van der Waals surface area contributed by atoms with Crippen LogP contribution in [0, 0.1) is 10.6 Å². The third-order valence-corrected chi connectivity index (χ3v) is 5.54. The molecule has 1 N–H and O–H groups in total. The van der Waals surface area contributed by atoms with Crippen LogP contribution in [0.2, 0.25) is 0 Å². The van der Waals surface area contributed by atoms with Crippen LogP contribution in [0.4, 0.5) is 4.39 Å². The maximum atomic E-state index is 13.6. The summed E-state index contributed by atoms with van der Waals surface area (Å²) in [5, 5.41) is 0.599. The van der Waals surface area contributed by atoms with E-state index in [4.69, 9.17) is 12.2 Å². The summed E-state index contributed by atoms with van der Waals surface area (Å²) in [5.41, 5.74) is 1.74. The van der Waals surface area contributed by atoms with Crippen LogP contribution >= 0.6 is 39.9 Å². The Balaban J connectivity index is 2.07. The average molecular weight is 347 g/mol. The molecule has 2 heterocycles. The standard InChI is InChI=1S/C12H12BrFN2S2/c13-8-4-10-11(5-9(8)14)16(12(17)15-10)6-7-2-1-3-18-7/h4-5,7H,1-3,6H2,(H,15,17). The van der Waals surface area contributed by atoms with Gasteiger partial charge in [0.05, 0.1) is 15.5 Å². The number of H-pyrrole nitrogens is 1. The SMILES string of the molecule is Fc1cc2c(cc1Br)[nH]c(=S)n2CC1CCCS1. The Morgan fingerprint density at radius 3 is 3.11 bits per heavy atom. The van der Waals surface area contributed by atoms with Gasteiger partial charge in [-0.1, -0.05) is 0 Å². The molecule has 0 aliphatic carbocycles. The maximum absolute atomic E-state index is 13.6. The van der Waals surface area contributed by atoms with Crippen molar-refractivity contribution in [3.8, 4) is 0 Å². The molecule has 0 spiro atoms. The lowest BCUT2D eigenvalue weighted by atomic mass is 10.2. The number of benzene rings is 1. The highest BCUT2D eigenvalue weighted by Gasteiger charge is 2.18. The molecule has 96 valence electrons. The lowest BCUT2D eigenvalue weighted by Gasteiger charge is -2.10. The second-order valence-corrected chi connectivity index (χ2v) is 7.11. The minimum atomic E-state index is -0.246. The number of hydrogen-bond donors (Lipinski definition) is 1. The van der Waals surface area contributed by atoms with Crippen molar-refractivity contribution < 1.29 is 4.39 Å². The Morgan fingerprint density at radius 1 is 1.56 bits per heavy atom. The van der Waals surface area contributed by atoms with Crippen molar-refractivity contribution in [3.63, 3.8) is 0 Å². The van der Waals surface area contributed by atoms with E-state index in [9.17, 15) is 4.39 Å². The zero-order valence-corrected chi connectivity index (χ0v) is 12.8. The van der Waals surface area contributed by atoms with Gasteiger partial charge in [0.2, 0.25) is 0 Å². The molecule has 1 unspecified atom stereocenters. The number of nitrogens with zero attached hydrogens (tertiary/aromatic N) is 1. The van der Waals surface area contributed by atoms with Crippen molar-refractivity contribution in [2.75, 3.05) is 5.75 Å². The number of aromatic nitrogens is 2. The summed E-state index contributed by atoms with van der Waals surface area (Å²) in [6, 6.07) is 3.30. The Kier molecular flexibility index (Phi) is 3.51. The minimum Gasteiger partial charge on any atom is -0.331 e. The van der Waals surface area contributed by atoms with Gasteiger partial charge in [-0.3, -0.25) is 0 Å². The van der Waals surface area contributed by atoms with Crippen molar-refractivity contribution in [2.45, 2.75) is 24.6 Å². The molecule has 0 amide bonds. The largest absolute Gasteiger partial charge is 0.331 e. The van der Waals surface area contributed by atoms with Crippen LogP contribution in [-0.2, 0) is 6.54 Å². The molecule has 1 atom stereocenters.